The number of anilines is 1. The fourth-order valence-corrected chi connectivity index (χ4v) is 4.11. The van der Waals surface area contributed by atoms with Gasteiger partial charge >= 0.3 is 0 Å². The van der Waals surface area contributed by atoms with Crippen LogP contribution in [0.4, 0.5) is 5.69 Å². The smallest absolute Gasteiger partial charge is 0.251 e. The number of hydrogen-bond acceptors (Lipinski definition) is 6. The van der Waals surface area contributed by atoms with Crippen LogP contribution >= 0.6 is 23.5 Å². The maximum Gasteiger partial charge on any atom is 0.251 e. The monoisotopic (exact) mass is 441 g/mol. The quantitative estimate of drug-likeness (QED) is 0.370. The summed E-state index contributed by atoms with van der Waals surface area (Å²) < 4.78 is 1.75. The van der Waals surface area contributed by atoms with Crippen LogP contribution in [0.15, 0.2) is 71.0 Å². The molecule has 0 aliphatic rings. The van der Waals surface area contributed by atoms with E-state index in [4.69, 9.17) is 0 Å². The molecule has 2 N–H and O–H groups in total. The lowest BCUT2D eigenvalue weighted by atomic mass is 10.2. The molecule has 0 radical (unpaired) electrons. The van der Waals surface area contributed by atoms with Gasteiger partial charge in [-0.3, -0.25) is 9.59 Å². The molecule has 2 aromatic carbocycles. The van der Waals surface area contributed by atoms with Crippen LogP contribution in [0.2, 0.25) is 0 Å². The van der Waals surface area contributed by atoms with Crippen LogP contribution in [0.3, 0.4) is 0 Å². The highest BCUT2D eigenvalue weighted by Gasteiger charge is 2.10. The van der Waals surface area contributed by atoms with Crippen LogP contribution in [-0.4, -0.2) is 44.6 Å². The Kier molecular flexibility index (Phi) is 8.34. The second-order valence-electron chi connectivity index (χ2n) is 6.41. The van der Waals surface area contributed by atoms with E-state index < -0.39 is 0 Å². The van der Waals surface area contributed by atoms with Gasteiger partial charge in [0.1, 0.15) is 6.33 Å². The van der Waals surface area contributed by atoms with Gasteiger partial charge in [0, 0.05) is 29.7 Å². The van der Waals surface area contributed by atoms with Gasteiger partial charge in [0.25, 0.3) is 5.91 Å². The molecular weight excluding hydrogens is 418 g/mol. The van der Waals surface area contributed by atoms with Gasteiger partial charge in [0.2, 0.25) is 5.91 Å². The fraction of sp³-hybridized carbons (Fsp3) is 0.238. The molecular formula is C21H23N5O2S2. The third-order valence-electron chi connectivity index (χ3n) is 4.03. The van der Waals surface area contributed by atoms with Crippen molar-refractivity contribution in [2.24, 2.45) is 7.05 Å². The fourth-order valence-electron chi connectivity index (χ4n) is 2.55. The molecule has 30 heavy (non-hydrogen) atoms. The van der Waals surface area contributed by atoms with Gasteiger partial charge in [-0.15, -0.1) is 22.0 Å². The van der Waals surface area contributed by atoms with Gasteiger partial charge in [-0.2, -0.15) is 0 Å². The van der Waals surface area contributed by atoms with Crippen molar-refractivity contribution in [1.82, 2.24) is 20.1 Å². The topological polar surface area (TPSA) is 88.9 Å². The molecule has 0 unspecified atom stereocenters. The molecule has 3 aromatic rings. The first-order valence-corrected chi connectivity index (χ1v) is 11.4. The number of aromatic nitrogens is 3. The van der Waals surface area contributed by atoms with Gasteiger partial charge < -0.3 is 15.2 Å². The van der Waals surface area contributed by atoms with Crippen LogP contribution in [0, 0.1) is 0 Å². The summed E-state index contributed by atoms with van der Waals surface area (Å²) in [7, 11) is 1.82. The first-order valence-electron chi connectivity index (χ1n) is 9.44. The minimum absolute atomic E-state index is 0.149. The molecule has 0 aliphatic carbocycles. The van der Waals surface area contributed by atoms with Crippen molar-refractivity contribution >= 4 is 41.0 Å². The maximum absolute atomic E-state index is 12.4. The van der Waals surface area contributed by atoms with E-state index in [2.05, 4.69) is 33.0 Å². The minimum atomic E-state index is -0.168. The third-order valence-corrected chi connectivity index (χ3v) is 6.16. The van der Waals surface area contributed by atoms with Crippen molar-refractivity contribution in [3.05, 3.63) is 66.5 Å². The number of benzene rings is 2. The Hall–Kier alpha value is -2.78. The van der Waals surface area contributed by atoms with E-state index in [1.54, 1.807) is 46.9 Å². The van der Waals surface area contributed by atoms with Gasteiger partial charge in [-0.1, -0.05) is 36.0 Å². The van der Waals surface area contributed by atoms with Crippen molar-refractivity contribution in [1.29, 1.82) is 0 Å². The summed E-state index contributed by atoms with van der Waals surface area (Å²) in [5, 5.41) is 14.1. The van der Waals surface area contributed by atoms with E-state index in [0.717, 1.165) is 12.2 Å². The zero-order valence-corrected chi connectivity index (χ0v) is 18.2. The Morgan fingerprint density at radius 1 is 1.07 bits per heavy atom. The number of nitrogens with one attached hydrogen (secondary N) is 2. The summed E-state index contributed by atoms with van der Waals surface area (Å²) >= 11 is 3.07. The highest BCUT2D eigenvalue weighted by Crippen LogP contribution is 2.18. The van der Waals surface area contributed by atoms with Crippen molar-refractivity contribution in [2.45, 2.75) is 16.5 Å². The number of hydrogen-bond donors (Lipinski definition) is 2. The lowest BCUT2D eigenvalue weighted by Gasteiger charge is -2.08. The molecule has 0 bridgehead atoms. The Morgan fingerprint density at radius 3 is 2.67 bits per heavy atom. The second kappa shape index (κ2) is 11.4. The molecule has 0 atom stereocenters. The Balaban J connectivity index is 1.40. The molecule has 2 amide bonds. The predicted octanol–water partition coefficient (Wildman–Crippen LogP) is 3.46. The van der Waals surface area contributed by atoms with Crippen LogP contribution in [0.25, 0.3) is 0 Å². The number of aryl methyl sites for hydroxylation is 1. The largest absolute Gasteiger partial charge is 0.352 e. The van der Waals surface area contributed by atoms with Crippen molar-refractivity contribution in [3.63, 3.8) is 0 Å². The summed E-state index contributed by atoms with van der Waals surface area (Å²) in [6, 6.07) is 17.1. The SMILES string of the molecule is Cn1cnnc1SCC(=O)Nc1cccc(C(=O)NCCCSc2ccccc2)c1. The Bertz CT molecular complexity index is 978. The van der Waals surface area contributed by atoms with E-state index in [-0.39, 0.29) is 17.6 Å². The number of carbonyl (C=O) groups is 2. The average molecular weight is 442 g/mol. The van der Waals surface area contributed by atoms with Crippen molar-refractivity contribution in [3.8, 4) is 0 Å². The first kappa shape index (κ1) is 21.9. The molecule has 0 saturated carbocycles. The van der Waals surface area contributed by atoms with E-state index in [9.17, 15) is 9.59 Å². The first-order chi connectivity index (χ1) is 14.6. The maximum atomic E-state index is 12.4. The Labute approximate surface area is 184 Å². The molecule has 1 aromatic heterocycles. The van der Waals surface area contributed by atoms with Crippen molar-refractivity contribution < 1.29 is 9.59 Å². The summed E-state index contributed by atoms with van der Waals surface area (Å²) in [5.41, 5.74) is 1.11. The molecule has 0 fully saturated rings. The van der Waals surface area contributed by atoms with Crippen LogP contribution < -0.4 is 10.6 Å². The number of thioether (sulfide) groups is 2. The third kappa shape index (κ3) is 6.93. The molecule has 0 aliphatic heterocycles. The molecule has 0 spiro atoms. The molecule has 3 rings (SSSR count). The van der Waals surface area contributed by atoms with E-state index >= 15 is 0 Å². The van der Waals surface area contributed by atoms with E-state index in [1.165, 1.54) is 16.7 Å². The number of nitrogens with zero attached hydrogens (tertiary/aromatic N) is 3. The summed E-state index contributed by atoms with van der Waals surface area (Å²) in [4.78, 5) is 25.8. The molecule has 9 heteroatoms. The number of carbonyl (C=O) groups excluding carboxylic acids is 2. The average Bonchev–Trinajstić information content (AvgIpc) is 3.17. The second-order valence-corrected chi connectivity index (χ2v) is 8.52. The zero-order valence-electron chi connectivity index (χ0n) is 16.6. The lowest BCUT2D eigenvalue weighted by molar-refractivity contribution is -0.113. The zero-order chi connectivity index (χ0) is 21.2. The lowest BCUT2D eigenvalue weighted by Crippen LogP contribution is -2.25. The molecule has 1 heterocycles. The van der Waals surface area contributed by atoms with Crippen LogP contribution in [0.1, 0.15) is 16.8 Å². The van der Waals surface area contributed by atoms with Crippen LogP contribution in [0.5, 0.6) is 0 Å². The summed E-state index contributed by atoms with van der Waals surface area (Å²) in [5.74, 6) is 0.828. The standard InChI is InChI=1S/C21H23N5O2S2/c1-26-15-23-25-21(26)30-14-19(27)24-17-8-5-7-16(13-17)20(28)22-11-6-12-29-18-9-3-2-4-10-18/h2-5,7-10,13,15H,6,11-12,14H2,1H3,(H,22,28)(H,24,27). The normalized spacial score (nSPS) is 10.6. The van der Waals surface area contributed by atoms with Gasteiger partial charge in [-0.25, -0.2) is 0 Å². The Morgan fingerprint density at radius 2 is 1.90 bits per heavy atom. The molecule has 7 nitrogen and oxygen atoms in total. The highest BCUT2D eigenvalue weighted by atomic mass is 32.2. The van der Waals surface area contributed by atoms with Crippen LogP contribution in [-0.2, 0) is 11.8 Å². The predicted molar refractivity (Wildman–Crippen MR) is 121 cm³/mol. The highest BCUT2D eigenvalue weighted by molar-refractivity contribution is 7.99. The van der Waals surface area contributed by atoms with Crippen molar-refractivity contribution in [2.75, 3.05) is 23.4 Å². The van der Waals surface area contributed by atoms with E-state index in [0.29, 0.717) is 23.0 Å². The summed E-state index contributed by atoms with van der Waals surface area (Å²) in [6.07, 6.45) is 2.46. The van der Waals surface area contributed by atoms with E-state index in [1.807, 2.05) is 25.2 Å². The number of amides is 2. The minimum Gasteiger partial charge on any atom is -0.352 e. The van der Waals surface area contributed by atoms with Gasteiger partial charge in [0.05, 0.1) is 5.75 Å². The van der Waals surface area contributed by atoms with Gasteiger partial charge in [0.15, 0.2) is 5.16 Å². The number of rotatable bonds is 10. The van der Waals surface area contributed by atoms with Gasteiger partial charge in [-0.05, 0) is 42.5 Å². The molecule has 156 valence electrons. The molecule has 0 saturated heterocycles. The summed E-state index contributed by atoms with van der Waals surface area (Å²) in [6.45, 7) is 0.601.